The summed E-state index contributed by atoms with van der Waals surface area (Å²) < 4.78 is 18.9. The normalized spacial score (nSPS) is 19.4. The Bertz CT molecular complexity index is 2850. The van der Waals surface area contributed by atoms with E-state index >= 15 is 4.39 Å². The number of aliphatic hydroxyl groups is 1. The summed E-state index contributed by atoms with van der Waals surface area (Å²) in [5, 5.41) is 45.7. The van der Waals surface area contributed by atoms with Gasteiger partial charge in [0.05, 0.1) is 53.7 Å². The van der Waals surface area contributed by atoms with Crippen LogP contribution in [0.15, 0.2) is 85.6 Å². The first-order valence-electron chi connectivity index (χ1n) is 23.0. The molecule has 4 fully saturated rings. The van der Waals surface area contributed by atoms with Crippen molar-refractivity contribution in [3.63, 3.8) is 0 Å². The largest absolute Gasteiger partial charge is 0.508 e. The lowest BCUT2D eigenvalue weighted by molar-refractivity contribution is -0.139. The predicted octanol–water partition coefficient (Wildman–Crippen LogP) is 5.56. The molecule has 0 spiro atoms. The second-order valence-electron chi connectivity index (χ2n) is 18.2. The number of fused-ring (bicyclic) bond motifs is 1. The number of carbonyl (C=O) groups is 3. The number of amides is 3. The Morgan fingerprint density at radius 3 is 2.36 bits per heavy atom. The van der Waals surface area contributed by atoms with E-state index in [1.54, 1.807) is 53.6 Å². The molecule has 344 valence electrons. The van der Waals surface area contributed by atoms with Crippen molar-refractivity contribution in [3.8, 4) is 34.3 Å². The van der Waals surface area contributed by atoms with Crippen molar-refractivity contribution in [1.82, 2.24) is 39.6 Å². The minimum Gasteiger partial charge on any atom is -0.508 e. The fraction of sp³-hybridized carbons (Fsp3) is 0.388. The first-order valence-corrected chi connectivity index (χ1v) is 23.0. The van der Waals surface area contributed by atoms with E-state index in [4.69, 9.17) is 15.1 Å². The molecule has 1 unspecified atom stereocenters. The Morgan fingerprint density at radius 1 is 0.881 bits per heavy atom. The van der Waals surface area contributed by atoms with Crippen LogP contribution >= 0.6 is 0 Å². The summed E-state index contributed by atoms with van der Waals surface area (Å²) >= 11 is 0. The molecule has 0 radical (unpaired) electrons. The number of carbonyl (C=O) groups excluding carboxylic acids is 3. The van der Waals surface area contributed by atoms with Crippen molar-refractivity contribution >= 4 is 40.4 Å². The molecule has 0 aliphatic carbocycles. The number of anilines is 3. The van der Waals surface area contributed by atoms with Gasteiger partial charge in [0.15, 0.2) is 0 Å². The van der Waals surface area contributed by atoms with Crippen LogP contribution in [-0.2, 0) is 14.4 Å². The molecule has 4 saturated heterocycles. The quantitative estimate of drug-likeness (QED) is 0.124. The van der Waals surface area contributed by atoms with E-state index in [1.807, 2.05) is 44.9 Å². The van der Waals surface area contributed by atoms with E-state index in [0.717, 1.165) is 42.9 Å². The summed E-state index contributed by atoms with van der Waals surface area (Å²) in [6, 6.07) is 17.8. The number of nitrogens with zero attached hydrogens (tertiary/aromatic N) is 10. The number of nitrogens with one attached hydrogen (secondary N) is 2. The Labute approximate surface area is 385 Å². The molecule has 4 aliphatic rings. The third-order valence-electron chi connectivity index (χ3n) is 14.0. The molecule has 4 N–H and O–H groups in total. The topological polar surface area (TPSA) is 210 Å². The standard InChI is InChI=1S/C49H51FN12O5/c50-39-23-36(55-40-7-10-44(64)57-48(40)66)4-8-42(39)58-21-15-49(67,16-22-58)24-45(65)60-19-13-37(14-20-60)61-29-35(28-53-61)41-30-62-47(34(25-51)27-54-62)46(56-41)33-3-9-43(52-26-33)59-17-11-32(12-18-59)31-1-5-38(63)6-2-31/h1-6,8-9,23,26-30,32,37,40,55,63,67H,7,10-22,24H2,(H,57,64,66). The number of aromatic nitrogens is 6. The van der Waals surface area contributed by atoms with Crippen LogP contribution in [0.25, 0.3) is 28.0 Å². The summed E-state index contributed by atoms with van der Waals surface area (Å²) in [6.07, 6.45) is 13.4. The molecule has 67 heavy (non-hydrogen) atoms. The third kappa shape index (κ3) is 9.11. The summed E-state index contributed by atoms with van der Waals surface area (Å²) in [4.78, 5) is 53.1. The zero-order valence-corrected chi connectivity index (χ0v) is 36.9. The number of likely N-dealkylation sites (tertiary alicyclic amines) is 1. The van der Waals surface area contributed by atoms with Crippen LogP contribution in [0.2, 0.25) is 0 Å². The SMILES string of the molecule is N#Cc1cnn2cc(-c3cnn(C4CCN(C(=O)CC5(O)CCN(c6ccc(NC7CCC(=O)NC7=O)cc6F)CC5)CC4)c3)nc(-c3ccc(N4CCC(c5ccc(O)cc5)CC4)nc3)c12. The van der Waals surface area contributed by atoms with Gasteiger partial charge < -0.3 is 30.2 Å². The van der Waals surface area contributed by atoms with Crippen LogP contribution in [-0.4, -0.2) is 113 Å². The smallest absolute Gasteiger partial charge is 0.249 e. The average Bonchev–Trinajstić information content (AvgIpc) is 4.01. The van der Waals surface area contributed by atoms with Crippen LogP contribution in [0.4, 0.5) is 21.6 Å². The molecule has 0 bridgehead atoms. The number of hydrogen-bond donors (Lipinski definition) is 4. The molecule has 17 nitrogen and oxygen atoms in total. The fourth-order valence-electron chi connectivity index (χ4n) is 10.0. The Kier molecular flexibility index (Phi) is 11.8. The van der Waals surface area contributed by atoms with Crippen molar-refractivity contribution in [1.29, 1.82) is 5.26 Å². The number of rotatable bonds is 10. The number of aromatic hydroxyl groups is 1. The maximum atomic E-state index is 15.3. The summed E-state index contributed by atoms with van der Waals surface area (Å²) in [7, 11) is 0. The molecule has 3 amide bonds. The van der Waals surface area contributed by atoms with Crippen molar-refractivity contribution in [2.75, 3.05) is 54.4 Å². The highest BCUT2D eigenvalue weighted by Crippen LogP contribution is 2.36. The maximum Gasteiger partial charge on any atom is 0.249 e. The molecule has 2 aromatic carbocycles. The summed E-state index contributed by atoms with van der Waals surface area (Å²) in [5.41, 5.74) is 4.62. The second-order valence-corrected chi connectivity index (χ2v) is 18.2. The minimum absolute atomic E-state index is 0.00878. The van der Waals surface area contributed by atoms with Gasteiger partial charge in [-0.15, -0.1) is 0 Å². The van der Waals surface area contributed by atoms with Crippen LogP contribution in [0.5, 0.6) is 5.75 Å². The summed E-state index contributed by atoms with van der Waals surface area (Å²) in [5.74, 6) is 0.262. The van der Waals surface area contributed by atoms with Gasteiger partial charge in [0.25, 0.3) is 0 Å². The first-order chi connectivity index (χ1) is 32.5. The number of benzene rings is 2. The highest BCUT2D eigenvalue weighted by Gasteiger charge is 2.37. The van der Waals surface area contributed by atoms with E-state index in [-0.39, 0.29) is 36.4 Å². The number of phenols is 1. The lowest BCUT2D eigenvalue weighted by Gasteiger charge is -2.40. The molecular formula is C49H51FN12O5. The van der Waals surface area contributed by atoms with E-state index in [9.17, 15) is 29.9 Å². The van der Waals surface area contributed by atoms with Crippen LogP contribution < -0.4 is 20.4 Å². The van der Waals surface area contributed by atoms with Gasteiger partial charge in [-0.2, -0.15) is 15.5 Å². The Morgan fingerprint density at radius 2 is 1.66 bits per heavy atom. The highest BCUT2D eigenvalue weighted by molar-refractivity contribution is 6.01. The number of imide groups is 1. The second kappa shape index (κ2) is 18.1. The van der Waals surface area contributed by atoms with Gasteiger partial charge in [0.1, 0.15) is 40.6 Å². The molecular weight excluding hydrogens is 856 g/mol. The first kappa shape index (κ1) is 43.5. The lowest BCUT2D eigenvalue weighted by Crippen LogP contribution is -2.49. The van der Waals surface area contributed by atoms with E-state index in [1.165, 1.54) is 11.6 Å². The zero-order chi connectivity index (χ0) is 46.2. The van der Waals surface area contributed by atoms with Crippen LogP contribution in [0.3, 0.4) is 0 Å². The van der Waals surface area contributed by atoms with Crippen molar-refractivity contribution in [3.05, 3.63) is 103 Å². The molecule has 4 aliphatic heterocycles. The Balaban J connectivity index is 0.741. The molecule has 6 aromatic rings. The maximum absolute atomic E-state index is 15.3. The van der Waals surface area contributed by atoms with Gasteiger partial charge in [-0.05, 0) is 98.9 Å². The van der Waals surface area contributed by atoms with E-state index in [0.29, 0.717) is 98.0 Å². The van der Waals surface area contributed by atoms with Gasteiger partial charge in [-0.3, -0.25) is 24.4 Å². The Hall–Kier alpha value is -7.39. The van der Waals surface area contributed by atoms with Gasteiger partial charge in [0, 0.05) is 74.9 Å². The minimum atomic E-state index is -1.20. The summed E-state index contributed by atoms with van der Waals surface area (Å²) in [6.45, 7) is 3.50. The monoisotopic (exact) mass is 906 g/mol. The number of phenolic OH excluding ortho intramolecular Hbond substituents is 1. The van der Waals surface area contributed by atoms with Gasteiger partial charge in [0.2, 0.25) is 17.7 Å². The molecule has 10 rings (SSSR count). The number of halogens is 1. The van der Waals surface area contributed by atoms with Crippen molar-refractivity contribution in [2.45, 2.75) is 81.4 Å². The fourth-order valence-corrected chi connectivity index (χ4v) is 10.0. The molecule has 0 saturated carbocycles. The molecule has 8 heterocycles. The van der Waals surface area contributed by atoms with Crippen LogP contribution in [0.1, 0.15) is 80.9 Å². The van der Waals surface area contributed by atoms with Gasteiger partial charge >= 0.3 is 0 Å². The van der Waals surface area contributed by atoms with E-state index in [2.05, 4.69) is 26.7 Å². The molecule has 18 heteroatoms. The molecule has 1 atom stereocenters. The number of piperidine rings is 4. The van der Waals surface area contributed by atoms with Gasteiger partial charge in [-0.25, -0.2) is 18.9 Å². The van der Waals surface area contributed by atoms with Crippen LogP contribution in [0, 0.1) is 17.1 Å². The number of hydrogen-bond acceptors (Lipinski definition) is 13. The predicted molar refractivity (Wildman–Crippen MR) is 247 cm³/mol. The number of pyridine rings is 1. The zero-order valence-electron chi connectivity index (χ0n) is 36.9. The number of nitriles is 1. The van der Waals surface area contributed by atoms with E-state index < -0.39 is 23.4 Å². The highest BCUT2D eigenvalue weighted by atomic mass is 19.1. The van der Waals surface area contributed by atoms with Crippen molar-refractivity contribution in [2.24, 2.45) is 0 Å². The van der Waals surface area contributed by atoms with Gasteiger partial charge in [-0.1, -0.05) is 12.1 Å². The average molecular weight is 907 g/mol. The van der Waals surface area contributed by atoms with Crippen molar-refractivity contribution < 1.29 is 29.0 Å². The lowest BCUT2D eigenvalue weighted by atomic mass is 9.87. The third-order valence-corrected chi connectivity index (χ3v) is 14.0. The molecule has 4 aromatic heterocycles.